The lowest BCUT2D eigenvalue weighted by atomic mass is 9.96. The van der Waals surface area contributed by atoms with E-state index in [0.717, 1.165) is 53.8 Å². The molecule has 0 radical (unpaired) electrons. The Morgan fingerprint density at radius 2 is 1.74 bits per heavy atom. The van der Waals surface area contributed by atoms with Crippen molar-refractivity contribution in [3.05, 3.63) is 72.6 Å². The number of ether oxygens (including phenoxy) is 1. The molecule has 1 saturated carbocycles. The summed E-state index contributed by atoms with van der Waals surface area (Å²) in [5, 5.41) is 15.1. The van der Waals surface area contributed by atoms with Gasteiger partial charge >= 0.3 is 0 Å². The normalized spacial score (nSPS) is 16.3. The van der Waals surface area contributed by atoms with Crippen molar-refractivity contribution < 1.29 is 9.53 Å². The van der Waals surface area contributed by atoms with Crippen LogP contribution in [0.5, 0.6) is 11.5 Å². The molecule has 0 bridgehead atoms. The largest absolute Gasteiger partial charge is 0.457 e. The Hall–Kier alpha value is -4.71. The highest BCUT2D eigenvalue weighted by molar-refractivity contribution is 5.98. The number of nitrogens with zero attached hydrogens (tertiary/aromatic N) is 6. The standard InChI is InChI=1S/C30H29N7O2/c31-17-23(16-20-6-7-20)30(38)36-14-12-21(13-15-36)18-37-29-26(28(32)33-19-34-29)27(35-37)22-8-10-25(11-9-22)39-24-4-2-1-3-5-24/h1-5,8-11,16,19-21H,6-7,12-15,18H2,(H2,32,33,34). The van der Waals surface area contributed by atoms with E-state index < -0.39 is 0 Å². The van der Waals surface area contributed by atoms with Crippen molar-refractivity contribution in [3.8, 4) is 28.8 Å². The number of fused-ring (bicyclic) bond motifs is 1. The zero-order valence-electron chi connectivity index (χ0n) is 21.5. The van der Waals surface area contributed by atoms with E-state index in [9.17, 15) is 10.1 Å². The van der Waals surface area contributed by atoms with Gasteiger partial charge in [0, 0.05) is 25.2 Å². The quantitative estimate of drug-likeness (QED) is 0.270. The number of nitrogen functional groups attached to an aromatic ring is 1. The Morgan fingerprint density at radius 3 is 2.44 bits per heavy atom. The second kappa shape index (κ2) is 10.6. The summed E-state index contributed by atoms with van der Waals surface area (Å²) in [7, 11) is 0. The van der Waals surface area contributed by atoms with Crippen LogP contribution in [0.2, 0.25) is 0 Å². The molecule has 6 rings (SSSR count). The van der Waals surface area contributed by atoms with Crippen LogP contribution < -0.4 is 10.5 Å². The van der Waals surface area contributed by atoms with Gasteiger partial charge in [-0.1, -0.05) is 24.3 Å². The summed E-state index contributed by atoms with van der Waals surface area (Å²) in [4.78, 5) is 23.4. The number of carbonyl (C=O) groups is 1. The first kappa shape index (κ1) is 24.6. The van der Waals surface area contributed by atoms with Gasteiger partial charge in [-0.3, -0.25) is 4.79 Å². The lowest BCUT2D eigenvalue weighted by Gasteiger charge is -2.31. The average molecular weight is 520 g/mol. The van der Waals surface area contributed by atoms with Gasteiger partial charge in [0.25, 0.3) is 5.91 Å². The Bertz CT molecular complexity index is 1560. The van der Waals surface area contributed by atoms with Crippen LogP contribution in [0.4, 0.5) is 5.82 Å². The van der Waals surface area contributed by atoms with Gasteiger partial charge in [0.05, 0.1) is 5.39 Å². The molecular weight excluding hydrogens is 490 g/mol. The highest BCUT2D eigenvalue weighted by Crippen LogP contribution is 2.34. The van der Waals surface area contributed by atoms with Crippen LogP contribution in [-0.2, 0) is 11.3 Å². The molecule has 2 N–H and O–H groups in total. The Morgan fingerprint density at radius 1 is 1.03 bits per heavy atom. The van der Waals surface area contributed by atoms with E-state index in [2.05, 4.69) is 16.0 Å². The Labute approximate surface area is 226 Å². The highest BCUT2D eigenvalue weighted by Gasteiger charge is 2.28. The van der Waals surface area contributed by atoms with Crippen molar-refractivity contribution in [1.29, 1.82) is 5.26 Å². The molecule has 1 aliphatic carbocycles. The van der Waals surface area contributed by atoms with Gasteiger partial charge in [-0.15, -0.1) is 0 Å². The molecule has 2 fully saturated rings. The molecule has 2 aliphatic rings. The topological polar surface area (TPSA) is 123 Å². The molecular formula is C30H29N7O2. The molecule has 196 valence electrons. The maximum absolute atomic E-state index is 12.8. The number of carbonyl (C=O) groups excluding carboxylic acids is 1. The molecule has 39 heavy (non-hydrogen) atoms. The Kier molecular flexibility index (Phi) is 6.68. The van der Waals surface area contributed by atoms with Gasteiger partial charge in [-0.05, 0) is 73.9 Å². The number of hydrogen-bond acceptors (Lipinski definition) is 7. The Balaban J connectivity index is 1.18. The fourth-order valence-electron chi connectivity index (χ4n) is 5.05. The molecule has 1 amide bonds. The summed E-state index contributed by atoms with van der Waals surface area (Å²) in [6.45, 7) is 1.91. The van der Waals surface area contributed by atoms with Crippen molar-refractivity contribution in [2.75, 3.05) is 18.8 Å². The zero-order chi connectivity index (χ0) is 26.8. The van der Waals surface area contributed by atoms with Crippen LogP contribution in [0.1, 0.15) is 25.7 Å². The molecule has 9 heteroatoms. The fourth-order valence-corrected chi connectivity index (χ4v) is 5.05. The molecule has 4 aromatic rings. The number of hydrogen-bond donors (Lipinski definition) is 1. The van der Waals surface area contributed by atoms with Crippen molar-refractivity contribution in [1.82, 2.24) is 24.6 Å². The first-order valence-corrected chi connectivity index (χ1v) is 13.3. The summed E-state index contributed by atoms with van der Waals surface area (Å²) in [6.07, 6.45) is 7.11. The molecule has 1 saturated heterocycles. The number of para-hydroxylation sites is 1. The molecule has 3 heterocycles. The minimum absolute atomic E-state index is 0.144. The predicted octanol–water partition coefficient (Wildman–Crippen LogP) is 4.97. The number of amides is 1. The van der Waals surface area contributed by atoms with E-state index in [0.29, 0.717) is 42.9 Å². The number of nitriles is 1. The van der Waals surface area contributed by atoms with Crippen LogP contribution in [0.25, 0.3) is 22.3 Å². The summed E-state index contributed by atoms with van der Waals surface area (Å²) in [6, 6.07) is 19.5. The third kappa shape index (κ3) is 5.32. The average Bonchev–Trinajstić information content (AvgIpc) is 3.72. The van der Waals surface area contributed by atoms with Crippen LogP contribution >= 0.6 is 0 Å². The predicted molar refractivity (Wildman–Crippen MR) is 147 cm³/mol. The molecule has 2 aromatic carbocycles. The van der Waals surface area contributed by atoms with Gasteiger partial charge in [-0.25, -0.2) is 14.6 Å². The van der Waals surface area contributed by atoms with E-state index in [-0.39, 0.29) is 11.5 Å². The lowest BCUT2D eigenvalue weighted by Crippen LogP contribution is -2.40. The van der Waals surface area contributed by atoms with Crippen molar-refractivity contribution in [2.24, 2.45) is 11.8 Å². The van der Waals surface area contributed by atoms with Crippen LogP contribution in [0, 0.1) is 23.2 Å². The van der Waals surface area contributed by atoms with Gasteiger partial charge < -0.3 is 15.4 Å². The van der Waals surface area contributed by atoms with Crippen molar-refractivity contribution in [3.63, 3.8) is 0 Å². The minimum atomic E-state index is -0.144. The summed E-state index contributed by atoms with van der Waals surface area (Å²) in [5.74, 6) is 2.46. The third-order valence-corrected chi connectivity index (χ3v) is 7.37. The molecule has 9 nitrogen and oxygen atoms in total. The summed E-state index contributed by atoms with van der Waals surface area (Å²) in [5.41, 5.74) is 8.90. The third-order valence-electron chi connectivity index (χ3n) is 7.37. The smallest absolute Gasteiger partial charge is 0.264 e. The first-order valence-electron chi connectivity index (χ1n) is 13.3. The van der Waals surface area contributed by atoms with Crippen molar-refractivity contribution in [2.45, 2.75) is 32.2 Å². The molecule has 0 unspecified atom stereocenters. The second-order valence-electron chi connectivity index (χ2n) is 10.2. The van der Waals surface area contributed by atoms with Gasteiger partial charge in [0.15, 0.2) is 5.65 Å². The van der Waals surface area contributed by atoms with Crippen LogP contribution in [0.3, 0.4) is 0 Å². The number of piperidine rings is 1. The van der Waals surface area contributed by atoms with Crippen molar-refractivity contribution >= 4 is 22.8 Å². The summed E-state index contributed by atoms with van der Waals surface area (Å²) < 4.78 is 7.84. The molecule has 1 aliphatic heterocycles. The SMILES string of the molecule is N#CC(=CC1CC1)C(=O)N1CCC(Cn2nc(-c3ccc(Oc4ccccc4)cc3)c3c(N)ncnc32)CC1. The van der Waals surface area contributed by atoms with Gasteiger partial charge in [0.2, 0.25) is 0 Å². The van der Waals surface area contributed by atoms with E-state index in [4.69, 9.17) is 15.6 Å². The fraction of sp³-hybridized carbons (Fsp3) is 0.300. The first-order chi connectivity index (χ1) is 19.1. The van der Waals surface area contributed by atoms with E-state index >= 15 is 0 Å². The number of benzene rings is 2. The lowest BCUT2D eigenvalue weighted by molar-refractivity contribution is -0.128. The number of aromatic nitrogens is 4. The van der Waals surface area contributed by atoms with E-state index in [1.165, 1.54) is 6.33 Å². The molecule has 2 aromatic heterocycles. The minimum Gasteiger partial charge on any atom is -0.457 e. The number of allylic oxidation sites excluding steroid dienone is 1. The van der Waals surface area contributed by atoms with Gasteiger partial charge in [0.1, 0.15) is 41.0 Å². The highest BCUT2D eigenvalue weighted by atomic mass is 16.5. The monoisotopic (exact) mass is 519 g/mol. The molecule has 0 spiro atoms. The molecule has 0 atom stereocenters. The van der Waals surface area contributed by atoms with Gasteiger partial charge in [-0.2, -0.15) is 10.4 Å². The number of anilines is 1. The maximum atomic E-state index is 12.8. The van der Waals surface area contributed by atoms with Crippen LogP contribution in [0.15, 0.2) is 72.6 Å². The van der Waals surface area contributed by atoms with Crippen LogP contribution in [-0.4, -0.2) is 43.6 Å². The van der Waals surface area contributed by atoms with E-state index in [1.54, 1.807) is 4.90 Å². The number of likely N-dealkylation sites (tertiary alicyclic amines) is 1. The zero-order valence-corrected chi connectivity index (χ0v) is 21.5. The van der Waals surface area contributed by atoms with E-state index in [1.807, 2.05) is 65.4 Å². The number of nitrogens with two attached hydrogens (primary N) is 1. The number of rotatable bonds is 7. The summed E-state index contributed by atoms with van der Waals surface area (Å²) >= 11 is 0. The second-order valence-corrected chi connectivity index (χ2v) is 10.2. The maximum Gasteiger partial charge on any atom is 0.264 e.